The van der Waals surface area contributed by atoms with E-state index in [-0.39, 0.29) is 23.7 Å². The zero-order chi connectivity index (χ0) is 17.7. The Morgan fingerprint density at radius 2 is 1.67 bits per heavy atom. The molecular formula is C19H27ClN2O2. The predicted molar refractivity (Wildman–Crippen MR) is 98.3 cm³/mol. The lowest BCUT2D eigenvalue weighted by molar-refractivity contribution is -0.128. The Hall–Kier alpha value is -1.55. The summed E-state index contributed by atoms with van der Waals surface area (Å²) in [4.78, 5) is 24.6. The average molecular weight is 351 g/mol. The van der Waals surface area contributed by atoms with E-state index >= 15 is 0 Å². The maximum atomic E-state index is 12.5. The highest BCUT2D eigenvalue weighted by molar-refractivity contribution is 6.34. The Morgan fingerprint density at radius 1 is 1.08 bits per heavy atom. The molecular weight excluding hydrogens is 324 g/mol. The molecule has 2 amide bonds. The van der Waals surface area contributed by atoms with Crippen LogP contribution in [0.25, 0.3) is 0 Å². The van der Waals surface area contributed by atoms with Crippen LogP contribution in [0.4, 0.5) is 5.69 Å². The Labute approximate surface area is 149 Å². The molecule has 5 heteroatoms. The van der Waals surface area contributed by atoms with Crippen LogP contribution in [0.2, 0.25) is 5.02 Å². The minimum absolute atomic E-state index is 0.0104. The van der Waals surface area contributed by atoms with Gasteiger partial charge in [-0.2, -0.15) is 0 Å². The van der Waals surface area contributed by atoms with Crippen LogP contribution in [-0.2, 0) is 9.59 Å². The van der Waals surface area contributed by atoms with Gasteiger partial charge in [0.25, 0.3) is 0 Å². The predicted octanol–water partition coefficient (Wildman–Crippen LogP) is 4.23. The highest BCUT2D eigenvalue weighted by atomic mass is 35.5. The van der Waals surface area contributed by atoms with E-state index in [0.29, 0.717) is 10.7 Å². The van der Waals surface area contributed by atoms with Crippen molar-refractivity contribution >= 4 is 29.1 Å². The van der Waals surface area contributed by atoms with Crippen LogP contribution in [0.3, 0.4) is 0 Å². The number of aryl methyl sites for hydroxylation is 2. The molecule has 2 rings (SSSR count). The first-order chi connectivity index (χ1) is 11.4. The number of benzene rings is 1. The topological polar surface area (TPSA) is 58.2 Å². The first-order valence-electron chi connectivity index (χ1n) is 8.77. The summed E-state index contributed by atoms with van der Waals surface area (Å²) in [5.41, 5.74) is 2.75. The second-order valence-corrected chi connectivity index (χ2v) is 7.17. The van der Waals surface area contributed by atoms with Gasteiger partial charge in [-0.15, -0.1) is 0 Å². The van der Waals surface area contributed by atoms with Gasteiger partial charge in [-0.05, 0) is 63.1 Å². The Morgan fingerprint density at radius 3 is 2.21 bits per heavy atom. The third kappa shape index (κ3) is 4.73. The van der Waals surface area contributed by atoms with E-state index in [2.05, 4.69) is 10.6 Å². The average Bonchev–Trinajstić information content (AvgIpc) is 2.55. The fourth-order valence-corrected chi connectivity index (χ4v) is 3.68. The first kappa shape index (κ1) is 18.8. The molecule has 0 aliphatic heterocycles. The molecule has 0 radical (unpaired) electrons. The Balaban J connectivity index is 1.91. The minimum atomic E-state index is -0.0444. The summed E-state index contributed by atoms with van der Waals surface area (Å²) in [6.45, 7) is 6.70. The molecule has 2 N–H and O–H groups in total. The standard InChI is InChI=1S/C19H27ClN2O2/c1-4-9-21-18(23)14-5-7-15(8-6-14)19(24)22-17-13(3)10-12(2)11-16(17)20/h10-11,14-15H,4-9H2,1-3H3,(H,21,23)(H,22,24). The molecule has 1 aliphatic rings. The SMILES string of the molecule is CCCNC(=O)C1CCC(C(=O)Nc2c(C)cc(C)cc2Cl)CC1. The molecule has 1 aromatic rings. The molecule has 1 fully saturated rings. The smallest absolute Gasteiger partial charge is 0.227 e. The van der Waals surface area contributed by atoms with E-state index in [9.17, 15) is 9.59 Å². The van der Waals surface area contributed by atoms with E-state index < -0.39 is 0 Å². The monoisotopic (exact) mass is 350 g/mol. The maximum absolute atomic E-state index is 12.5. The molecule has 1 aromatic carbocycles. The van der Waals surface area contributed by atoms with Gasteiger partial charge in [0, 0.05) is 18.4 Å². The molecule has 0 atom stereocenters. The van der Waals surface area contributed by atoms with Crippen LogP contribution >= 0.6 is 11.6 Å². The van der Waals surface area contributed by atoms with Gasteiger partial charge in [0.15, 0.2) is 0 Å². The van der Waals surface area contributed by atoms with E-state index in [1.807, 2.05) is 32.9 Å². The van der Waals surface area contributed by atoms with Crippen molar-refractivity contribution in [1.82, 2.24) is 5.32 Å². The number of anilines is 1. The summed E-state index contributed by atoms with van der Waals surface area (Å²) in [6.07, 6.45) is 3.99. The van der Waals surface area contributed by atoms with Crippen LogP contribution in [-0.4, -0.2) is 18.4 Å². The molecule has 1 saturated carbocycles. The zero-order valence-corrected chi connectivity index (χ0v) is 15.5. The van der Waals surface area contributed by atoms with Crippen LogP contribution < -0.4 is 10.6 Å². The highest BCUT2D eigenvalue weighted by Gasteiger charge is 2.30. The number of hydrogen-bond acceptors (Lipinski definition) is 2. The molecule has 0 unspecified atom stereocenters. The Bertz CT molecular complexity index is 584. The van der Waals surface area contributed by atoms with Crippen LogP contribution in [0, 0.1) is 25.7 Å². The van der Waals surface area contributed by atoms with Gasteiger partial charge in [-0.3, -0.25) is 9.59 Å². The number of rotatable bonds is 5. The largest absolute Gasteiger partial charge is 0.356 e. The van der Waals surface area contributed by atoms with Crippen molar-refractivity contribution < 1.29 is 9.59 Å². The minimum Gasteiger partial charge on any atom is -0.356 e. The lowest BCUT2D eigenvalue weighted by atomic mass is 9.81. The number of amides is 2. The second kappa shape index (κ2) is 8.52. The van der Waals surface area contributed by atoms with Crippen molar-refractivity contribution in [2.75, 3.05) is 11.9 Å². The highest BCUT2D eigenvalue weighted by Crippen LogP contribution is 2.32. The van der Waals surface area contributed by atoms with Crippen molar-refractivity contribution in [3.05, 3.63) is 28.3 Å². The molecule has 0 heterocycles. The fourth-order valence-electron chi connectivity index (χ4n) is 3.31. The van der Waals surface area contributed by atoms with Gasteiger partial charge in [0.2, 0.25) is 11.8 Å². The molecule has 0 bridgehead atoms. The molecule has 0 saturated heterocycles. The first-order valence-corrected chi connectivity index (χ1v) is 9.15. The lowest BCUT2D eigenvalue weighted by Crippen LogP contribution is -2.35. The van der Waals surface area contributed by atoms with Crippen LogP contribution in [0.15, 0.2) is 12.1 Å². The molecule has 1 aliphatic carbocycles. The normalized spacial score (nSPS) is 20.5. The van der Waals surface area contributed by atoms with E-state index in [0.717, 1.165) is 49.8 Å². The summed E-state index contributed by atoms with van der Waals surface area (Å²) in [5.74, 6) is 0.145. The molecule has 0 spiro atoms. The lowest BCUT2D eigenvalue weighted by Gasteiger charge is -2.27. The molecule has 132 valence electrons. The van der Waals surface area contributed by atoms with Crippen molar-refractivity contribution in [3.8, 4) is 0 Å². The molecule has 0 aromatic heterocycles. The van der Waals surface area contributed by atoms with Crippen LogP contribution in [0.1, 0.15) is 50.2 Å². The van der Waals surface area contributed by atoms with Gasteiger partial charge >= 0.3 is 0 Å². The summed E-state index contributed by atoms with van der Waals surface area (Å²) >= 11 is 6.26. The Kier molecular flexibility index (Phi) is 6.67. The number of halogens is 1. The fraction of sp³-hybridized carbons (Fsp3) is 0.579. The van der Waals surface area contributed by atoms with E-state index in [4.69, 9.17) is 11.6 Å². The number of hydrogen-bond donors (Lipinski definition) is 2. The van der Waals surface area contributed by atoms with Gasteiger partial charge in [-0.1, -0.05) is 24.6 Å². The summed E-state index contributed by atoms with van der Waals surface area (Å²) in [6, 6.07) is 3.87. The van der Waals surface area contributed by atoms with E-state index in [1.54, 1.807) is 0 Å². The summed E-state index contributed by atoms with van der Waals surface area (Å²) < 4.78 is 0. The van der Waals surface area contributed by atoms with Crippen molar-refractivity contribution in [3.63, 3.8) is 0 Å². The number of carbonyl (C=O) groups excluding carboxylic acids is 2. The summed E-state index contributed by atoms with van der Waals surface area (Å²) in [5, 5.41) is 6.51. The quantitative estimate of drug-likeness (QED) is 0.834. The van der Waals surface area contributed by atoms with E-state index in [1.165, 1.54) is 0 Å². The number of nitrogens with one attached hydrogen (secondary N) is 2. The van der Waals surface area contributed by atoms with Gasteiger partial charge in [0.1, 0.15) is 0 Å². The van der Waals surface area contributed by atoms with Crippen LogP contribution in [0.5, 0.6) is 0 Å². The van der Waals surface area contributed by atoms with Gasteiger partial charge in [0.05, 0.1) is 10.7 Å². The van der Waals surface area contributed by atoms with Crippen molar-refractivity contribution in [2.45, 2.75) is 52.9 Å². The van der Waals surface area contributed by atoms with Gasteiger partial charge in [-0.25, -0.2) is 0 Å². The summed E-state index contributed by atoms with van der Waals surface area (Å²) in [7, 11) is 0. The number of carbonyl (C=O) groups is 2. The maximum Gasteiger partial charge on any atom is 0.227 e. The zero-order valence-electron chi connectivity index (χ0n) is 14.7. The molecule has 24 heavy (non-hydrogen) atoms. The van der Waals surface area contributed by atoms with Gasteiger partial charge < -0.3 is 10.6 Å². The second-order valence-electron chi connectivity index (χ2n) is 6.77. The third-order valence-corrected chi connectivity index (χ3v) is 5.00. The van der Waals surface area contributed by atoms with Crippen molar-refractivity contribution in [1.29, 1.82) is 0 Å². The molecule has 4 nitrogen and oxygen atoms in total. The third-order valence-electron chi connectivity index (χ3n) is 4.70. The van der Waals surface area contributed by atoms with Crippen molar-refractivity contribution in [2.24, 2.45) is 11.8 Å².